The molecule has 1 rings (SSSR count). The average Bonchev–Trinajstić information content (AvgIpc) is 2.34. The molecule has 0 spiro atoms. The minimum Gasteiger partial charge on any atom is -0.496 e. The molecule has 0 fully saturated rings. The molecule has 1 aromatic heterocycles. The van der Waals surface area contributed by atoms with E-state index in [2.05, 4.69) is 14.7 Å². The summed E-state index contributed by atoms with van der Waals surface area (Å²) < 4.78 is 51.2. The molecular formula is C10H11F3N2O3. The fourth-order valence-electron chi connectivity index (χ4n) is 1.17. The van der Waals surface area contributed by atoms with Crippen LogP contribution in [0.4, 0.5) is 13.2 Å². The van der Waals surface area contributed by atoms with E-state index in [1.165, 1.54) is 14.2 Å². The van der Waals surface area contributed by atoms with Crippen molar-refractivity contribution in [3.8, 4) is 11.9 Å². The van der Waals surface area contributed by atoms with Crippen LogP contribution in [0.2, 0.25) is 0 Å². The number of alkyl halides is 3. The molecule has 0 radical (unpaired) electrons. The SMILES string of the molecule is CO/C(=C/C(F)(F)F)c1cnc(OC)nc1OC. The van der Waals surface area contributed by atoms with Gasteiger partial charge in [-0.2, -0.15) is 18.2 Å². The van der Waals surface area contributed by atoms with Crippen LogP contribution in [0.5, 0.6) is 11.9 Å². The average molecular weight is 264 g/mol. The van der Waals surface area contributed by atoms with Crippen molar-refractivity contribution in [3.63, 3.8) is 0 Å². The maximum atomic E-state index is 12.3. The molecule has 0 aliphatic rings. The van der Waals surface area contributed by atoms with Crippen molar-refractivity contribution in [2.75, 3.05) is 21.3 Å². The number of aromatic nitrogens is 2. The molecule has 100 valence electrons. The fourth-order valence-corrected chi connectivity index (χ4v) is 1.17. The number of halogens is 3. The molecule has 0 bridgehead atoms. The van der Waals surface area contributed by atoms with E-state index < -0.39 is 11.9 Å². The summed E-state index contributed by atoms with van der Waals surface area (Å²) in [5.74, 6) is -0.513. The van der Waals surface area contributed by atoms with Crippen LogP contribution >= 0.6 is 0 Å². The van der Waals surface area contributed by atoms with Gasteiger partial charge in [0.25, 0.3) is 0 Å². The van der Waals surface area contributed by atoms with Gasteiger partial charge in [0.15, 0.2) is 0 Å². The molecule has 0 atom stereocenters. The van der Waals surface area contributed by atoms with Gasteiger partial charge in [-0.25, -0.2) is 4.98 Å². The first-order valence-electron chi connectivity index (χ1n) is 4.70. The topological polar surface area (TPSA) is 53.5 Å². The van der Waals surface area contributed by atoms with Gasteiger partial charge < -0.3 is 14.2 Å². The van der Waals surface area contributed by atoms with Crippen molar-refractivity contribution in [2.45, 2.75) is 6.18 Å². The summed E-state index contributed by atoms with van der Waals surface area (Å²) in [6, 6.07) is -0.0157. The summed E-state index contributed by atoms with van der Waals surface area (Å²) in [7, 11) is 3.71. The third kappa shape index (κ3) is 3.51. The van der Waals surface area contributed by atoms with Gasteiger partial charge in [0.2, 0.25) is 5.88 Å². The lowest BCUT2D eigenvalue weighted by atomic mass is 10.2. The second-order valence-corrected chi connectivity index (χ2v) is 3.03. The molecule has 1 aromatic rings. The van der Waals surface area contributed by atoms with Gasteiger partial charge in [0.1, 0.15) is 5.76 Å². The summed E-state index contributed by atoms with van der Waals surface area (Å²) in [6.07, 6.45) is -3.39. The number of methoxy groups -OCH3 is 3. The molecule has 0 saturated heterocycles. The lowest BCUT2D eigenvalue weighted by molar-refractivity contribution is -0.0804. The van der Waals surface area contributed by atoms with Crippen LogP contribution in [0.3, 0.4) is 0 Å². The van der Waals surface area contributed by atoms with Gasteiger partial charge in [-0.05, 0) is 0 Å². The minimum absolute atomic E-state index is 0.000684. The van der Waals surface area contributed by atoms with Gasteiger partial charge in [-0.15, -0.1) is 0 Å². The Morgan fingerprint density at radius 3 is 2.33 bits per heavy atom. The van der Waals surface area contributed by atoms with Crippen molar-refractivity contribution < 1.29 is 27.4 Å². The first-order valence-corrected chi connectivity index (χ1v) is 4.70. The van der Waals surface area contributed by atoms with Crippen molar-refractivity contribution >= 4 is 5.76 Å². The van der Waals surface area contributed by atoms with Crippen LogP contribution in [0.1, 0.15) is 5.56 Å². The molecule has 0 amide bonds. The highest BCUT2D eigenvalue weighted by molar-refractivity contribution is 5.64. The zero-order valence-electron chi connectivity index (χ0n) is 9.91. The van der Waals surface area contributed by atoms with Gasteiger partial charge in [0, 0.05) is 6.20 Å². The summed E-state index contributed by atoms with van der Waals surface area (Å²) in [6.45, 7) is 0. The Labute approximate surface area is 101 Å². The Morgan fingerprint density at radius 1 is 1.22 bits per heavy atom. The van der Waals surface area contributed by atoms with Crippen LogP contribution in [0.25, 0.3) is 5.76 Å². The Kier molecular flexibility index (Phi) is 4.35. The maximum Gasteiger partial charge on any atom is 0.413 e. The van der Waals surface area contributed by atoms with E-state index in [4.69, 9.17) is 9.47 Å². The molecule has 0 saturated carbocycles. The molecule has 0 aliphatic heterocycles. The highest BCUT2D eigenvalue weighted by Crippen LogP contribution is 2.29. The quantitative estimate of drug-likeness (QED) is 0.779. The zero-order valence-corrected chi connectivity index (χ0v) is 9.91. The normalized spacial score (nSPS) is 12.2. The summed E-state index contributed by atoms with van der Waals surface area (Å²) >= 11 is 0. The van der Waals surface area contributed by atoms with E-state index >= 15 is 0 Å². The summed E-state index contributed by atoms with van der Waals surface area (Å²) in [5, 5.41) is 0. The van der Waals surface area contributed by atoms with Gasteiger partial charge >= 0.3 is 12.2 Å². The Balaban J connectivity index is 3.26. The lowest BCUT2D eigenvalue weighted by Crippen LogP contribution is -2.06. The van der Waals surface area contributed by atoms with Crippen LogP contribution in [0.15, 0.2) is 12.3 Å². The van der Waals surface area contributed by atoms with E-state index in [1.54, 1.807) is 0 Å². The molecule has 8 heteroatoms. The van der Waals surface area contributed by atoms with Gasteiger partial charge in [0.05, 0.1) is 33.0 Å². The maximum absolute atomic E-state index is 12.3. The number of hydrogen-bond donors (Lipinski definition) is 0. The zero-order chi connectivity index (χ0) is 13.8. The third-order valence-electron chi connectivity index (χ3n) is 1.89. The first-order chi connectivity index (χ1) is 8.41. The largest absolute Gasteiger partial charge is 0.496 e. The second-order valence-electron chi connectivity index (χ2n) is 3.03. The lowest BCUT2D eigenvalue weighted by Gasteiger charge is -2.11. The molecule has 0 aliphatic carbocycles. The highest BCUT2D eigenvalue weighted by Gasteiger charge is 2.27. The van der Waals surface area contributed by atoms with Crippen molar-refractivity contribution in [3.05, 3.63) is 17.8 Å². The number of rotatable bonds is 4. The molecule has 0 aromatic carbocycles. The number of allylic oxidation sites excluding steroid dienone is 1. The van der Waals surface area contributed by atoms with Crippen LogP contribution in [-0.4, -0.2) is 37.5 Å². The molecular weight excluding hydrogens is 253 g/mol. The predicted molar refractivity (Wildman–Crippen MR) is 56.2 cm³/mol. The van der Waals surface area contributed by atoms with E-state index in [0.717, 1.165) is 13.3 Å². The summed E-state index contributed by atoms with van der Waals surface area (Å²) in [4.78, 5) is 7.47. The van der Waals surface area contributed by atoms with E-state index in [0.29, 0.717) is 0 Å². The Morgan fingerprint density at radius 2 is 1.89 bits per heavy atom. The van der Waals surface area contributed by atoms with Gasteiger partial charge in [-0.1, -0.05) is 0 Å². The minimum atomic E-state index is -4.52. The number of ether oxygens (including phenoxy) is 3. The molecule has 0 N–H and O–H groups in total. The molecule has 5 nitrogen and oxygen atoms in total. The monoisotopic (exact) mass is 264 g/mol. The van der Waals surface area contributed by atoms with Crippen molar-refractivity contribution in [2.24, 2.45) is 0 Å². The first kappa shape index (κ1) is 14.1. The number of hydrogen-bond acceptors (Lipinski definition) is 5. The van der Waals surface area contributed by atoms with Crippen LogP contribution < -0.4 is 9.47 Å². The van der Waals surface area contributed by atoms with Crippen molar-refractivity contribution in [1.29, 1.82) is 0 Å². The van der Waals surface area contributed by atoms with E-state index in [-0.39, 0.29) is 23.5 Å². The Hall–Kier alpha value is -1.99. The van der Waals surface area contributed by atoms with Crippen LogP contribution in [-0.2, 0) is 4.74 Å². The molecule has 1 heterocycles. The van der Waals surface area contributed by atoms with E-state index in [1.807, 2.05) is 0 Å². The second kappa shape index (κ2) is 5.56. The molecule has 18 heavy (non-hydrogen) atoms. The van der Waals surface area contributed by atoms with Crippen molar-refractivity contribution in [1.82, 2.24) is 9.97 Å². The predicted octanol–water partition coefficient (Wildman–Crippen LogP) is 2.04. The van der Waals surface area contributed by atoms with Gasteiger partial charge in [-0.3, -0.25) is 0 Å². The Bertz CT molecular complexity index is 446. The fraction of sp³-hybridized carbons (Fsp3) is 0.400. The smallest absolute Gasteiger partial charge is 0.413 e. The highest BCUT2D eigenvalue weighted by atomic mass is 19.4. The van der Waals surface area contributed by atoms with E-state index in [9.17, 15) is 13.2 Å². The standard InChI is InChI=1S/C10H11F3N2O3/c1-16-7(4-10(11,12)13)6-5-14-9(18-3)15-8(6)17-2/h4-5H,1-3H3/b7-4+. The number of nitrogens with zero attached hydrogens (tertiary/aromatic N) is 2. The summed E-state index contributed by atoms with van der Waals surface area (Å²) in [5.41, 5.74) is -0.0156. The third-order valence-corrected chi connectivity index (χ3v) is 1.89. The van der Waals surface area contributed by atoms with Crippen LogP contribution in [0, 0.1) is 0 Å². The molecule has 0 unspecified atom stereocenters.